The van der Waals surface area contributed by atoms with Crippen LogP contribution < -0.4 is 15.5 Å². The molecule has 1 atom stereocenters. The van der Waals surface area contributed by atoms with Crippen LogP contribution >= 0.6 is 22.7 Å². The van der Waals surface area contributed by atoms with Crippen LogP contribution in [0.5, 0.6) is 0 Å². The number of benzene rings is 1. The van der Waals surface area contributed by atoms with E-state index in [1.807, 2.05) is 22.2 Å². The van der Waals surface area contributed by atoms with E-state index in [9.17, 15) is 19.5 Å². The lowest BCUT2D eigenvalue weighted by molar-refractivity contribution is -0.136. The van der Waals surface area contributed by atoms with Crippen LogP contribution in [0.4, 0.5) is 11.4 Å². The van der Waals surface area contributed by atoms with Crippen molar-refractivity contribution in [3.05, 3.63) is 69.0 Å². The van der Waals surface area contributed by atoms with E-state index >= 15 is 0 Å². The van der Waals surface area contributed by atoms with Gasteiger partial charge in [-0.2, -0.15) is 11.3 Å². The average Bonchev–Trinajstić information content (AvgIpc) is 3.54. The van der Waals surface area contributed by atoms with Gasteiger partial charge in [-0.05, 0) is 52.9 Å². The van der Waals surface area contributed by atoms with E-state index in [1.165, 1.54) is 22.7 Å². The monoisotopic (exact) mass is 455 g/mol. The van der Waals surface area contributed by atoms with Crippen LogP contribution in [0.15, 0.2) is 58.6 Å². The number of amides is 3. The molecular weight excluding hydrogens is 434 g/mol. The van der Waals surface area contributed by atoms with Crippen molar-refractivity contribution in [1.29, 1.82) is 0 Å². The fraction of sp³-hybridized carbons (Fsp3) is 0.227. The largest absolute Gasteiger partial charge is 0.378 e. The van der Waals surface area contributed by atoms with Crippen molar-refractivity contribution in [2.75, 3.05) is 23.3 Å². The van der Waals surface area contributed by atoms with Crippen molar-refractivity contribution in [2.45, 2.75) is 18.4 Å². The molecule has 3 amide bonds. The Labute approximate surface area is 187 Å². The number of hydrogen-bond donors (Lipinski definition) is 3. The third-order valence-corrected chi connectivity index (χ3v) is 6.83. The first-order chi connectivity index (χ1) is 15.0. The zero-order valence-electron chi connectivity index (χ0n) is 16.5. The van der Waals surface area contributed by atoms with E-state index in [0.29, 0.717) is 34.8 Å². The van der Waals surface area contributed by atoms with Gasteiger partial charge >= 0.3 is 11.8 Å². The molecule has 2 aromatic heterocycles. The van der Waals surface area contributed by atoms with Crippen molar-refractivity contribution in [2.24, 2.45) is 0 Å². The molecule has 3 heterocycles. The molecule has 7 nitrogen and oxygen atoms in total. The number of carbonyl (C=O) groups excluding carboxylic acids is 3. The van der Waals surface area contributed by atoms with Crippen LogP contribution in [-0.4, -0.2) is 35.9 Å². The van der Waals surface area contributed by atoms with Gasteiger partial charge in [0.25, 0.3) is 0 Å². The van der Waals surface area contributed by atoms with Gasteiger partial charge in [0, 0.05) is 34.8 Å². The molecule has 160 valence electrons. The smallest absolute Gasteiger partial charge is 0.313 e. The van der Waals surface area contributed by atoms with Crippen molar-refractivity contribution in [1.82, 2.24) is 5.32 Å². The third kappa shape index (κ3) is 4.53. The van der Waals surface area contributed by atoms with Gasteiger partial charge in [-0.15, -0.1) is 11.3 Å². The molecule has 1 saturated heterocycles. The Hall–Kier alpha value is -3.01. The fourth-order valence-electron chi connectivity index (χ4n) is 3.49. The Morgan fingerprint density at radius 1 is 1.13 bits per heavy atom. The number of thiophene rings is 2. The predicted octanol–water partition coefficient (Wildman–Crippen LogP) is 2.93. The molecule has 1 aliphatic rings. The van der Waals surface area contributed by atoms with Gasteiger partial charge in [0.15, 0.2) is 0 Å². The number of hydrogen-bond acceptors (Lipinski definition) is 6. The number of aliphatic hydroxyl groups is 1. The van der Waals surface area contributed by atoms with Gasteiger partial charge < -0.3 is 20.6 Å². The maximum atomic E-state index is 12.4. The number of anilines is 2. The Bertz CT molecular complexity index is 1050. The van der Waals surface area contributed by atoms with Gasteiger partial charge in [-0.1, -0.05) is 12.1 Å². The van der Waals surface area contributed by atoms with E-state index < -0.39 is 17.4 Å². The molecule has 0 aliphatic carbocycles. The molecular formula is C22H21N3O4S2. The van der Waals surface area contributed by atoms with Gasteiger partial charge in [0.2, 0.25) is 5.91 Å². The molecule has 3 N–H and O–H groups in total. The molecule has 0 spiro atoms. The standard InChI is InChI=1S/C22H21N3O4S2/c26-19-7-2-9-25(19)17-5-1-4-16(12-17)24-21(28)20(27)23-14-22(29,15-8-11-30-13-15)18-6-3-10-31-18/h1,3-6,8,10-13,29H,2,7,9,14H2,(H,23,27)(H,24,28). The van der Waals surface area contributed by atoms with Crippen LogP contribution in [-0.2, 0) is 20.0 Å². The zero-order chi connectivity index (χ0) is 21.8. The summed E-state index contributed by atoms with van der Waals surface area (Å²) in [5, 5.41) is 21.9. The quantitative estimate of drug-likeness (QED) is 0.498. The minimum atomic E-state index is -1.42. The van der Waals surface area contributed by atoms with Crippen molar-refractivity contribution in [3.8, 4) is 0 Å². The minimum absolute atomic E-state index is 0.0440. The Kier molecular flexibility index (Phi) is 6.17. The van der Waals surface area contributed by atoms with E-state index in [-0.39, 0.29) is 12.5 Å². The summed E-state index contributed by atoms with van der Waals surface area (Å²) in [5.41, 5.74) is 0.345. The van der Waals surface area contributed by atoms with Crippen molar-refractivity contribution >= 4 is 51.8 Å². The molecule has 0 radical (unpaired) electrons. The predicted molar refractivity (Wildman–Crippen MR) is 121 cm³/mol. The van der Waals surface area contributed by atoms with Gasteiger partial charge in [-0.25, -0.2) is 0 Å². The molecule has 9 heteroatoms. The lowest BCUT2D eigenvalue weighted by Crippen LogP contribution is -2.44. The molecule has 0 bridgehead atoms. The molecule has 1 aliphatic heterocycles. The summed E-state index contributed by atoms with van der Waals surface area (Å²) in [6.45, 7) is 0.499. The summed E-state index contributed by atoms with van der Waals surface area (Å²) in [7, 11) is 0. The highest BCUT2D eigenvalue weighted by Gasteiger charge is 2.34. The molecule has 4 rings (SSSR count). The summed E-state index contributed by atoms with van der Waals surface area (Å²) in [5.74, 6) is -1.65. The third-order valence-electron chi connectivity index (χ3n) is 5.13. The lowest BCUT2D eigenvalue weighted by Gasteiger charge is -2.26. The Morgan fingerprint density at radius 2 is 2.00 bits per heavy atom. The minimum Gasteiger partial charge on any atom is -0.378 e. The van der Waals surface area contributed by atoms with Crippen molar-refractivity contribution in [3.63, 3.8) is 0 Å². The summed E-state index contributed by atoms with van der Waals surface area (Å²) < 4.78 is 0. The highest BCUT2D eigenvalue weighted by molar-refractivity contribution is 7.10. The Morgan fingerprint density at radius 3 is 2.68 bits per heavy atom. The van der Waals surface area contributed by atoms with Crippen LogP contribution in [0.2, 0.25) is 0 Å². The summed E-state index contributed by atoms with van der Waals surface area (Å²) >= 11 is 2.82. The molecule has 31 heavy (non-hydrogen) atoms. The highest BCUT2D eigenvalue weighted by atomic mass is 32.1. The molecule has 0 saturated carbocycles. The second kappa shape index (κ2) is 9.01. The number of carbonyl (C=O) groups is 3. The van der Waals surface area contributed by atoms with Crippen LogP contribution in [0.3, 0.4) is 0 Å². The van der Waals surface area contributed by atoms with Gasteiger partial charge in [0.1, 0.15) is 5.60 Å². The maximum Gasteiger partial charge on any atom is 0.313 e. The number of nitrogens with one attached hydrogen (secondary N) is 2. The van der Waals surface area contributed by atoms with Crippen LogP contribution in [0.25, 0.3) is 0 Å². The molecule has 3 aromatic rings. The average molecular weight is 456 g/mol. The number of nitrogens with zero attached hydrogens (tertiary/aromatic N) is 1. The first-order valence-corrected chi connectivity index (χ1v) is 11.6. The highest BCUT2D eigenvalue weighted by Crippen LogP contribution is 2.33. The topological polar surface area (TPSA) is 98.7 Å². The molecule has 1 fully saturated rings. The normalized spacial score (nSPS) is 15.5. The second-order valence-electron chi connectivity index (χ2n) is 7.19. The SMILES string of the molecule is O=C(NCC(O)(c1ccsc1)c1cccs1)C(=O)Nc1cccc(N2CCCC2=O)c1. The van der Waals surface area contributed by atoms with Crippen molar-refractivity contribution < 1.29 is 19.5 Å². The van der Waals surface area contributed by atoms with Crippen LogP contribution in [0, 0.1) is 0 Å². The molecule has 1 aromatic carbocycles. The molecule has 1 unspecified atom stereocenters. The first-order valence-electron chi connectivity index (χ1n) is 9.76. The van der Waals surface area contributed by atoms with Gasteiger partial charge in [0.05, 0.1) is 6.54 Å². The summed E-state index contributed by atoms with van der Waals surface area (Å²) in [6, 6.07) is 12.2. The van der Waals surface area contributed by atoms with E-state index in [1.54, 1.807) is 41.3 Å². The van der Waals surface area contributed by atoms with Crippen LogP contribution in [0.1, 0.15) is 23.3 Å². The fourth-order valence-corrected chi connectivity index (χ4v) is 5.06. The second-order valence-corrected chi connectivity index (χ2v) is 8.91. The summed E-state index contributed by atoms with van der Waals surface area (Å²) in [6.07, 6.45) is 1.31. The number of rotatable bonds is 6. The summed E-state index contributed by atoms with van der Waals surface area (Å²) in [4.78, 5) is 39.1. The van der Waals surface area contributed by atoms with E-state index in [2.05, 4.69) is 10.6 Å². The Balaban J connectivity index is 1.42. The lowest BCUT2D eigenvalue weighted by atomic mass is 9.94. The van der Waals surface area contributed by atoms with E-state index in [0.717, 1.165) is 6.42 Å². The maximum absolute atomic E-state index is 12.4. The van der Waals surface area contributed by atoms with Gasteiger partial charge in [-0.3, -0.25) is 14.4 Å². The first kappa shape index (κ1) is 21.2. The zero-order valence-corrected chi connectivity index (χ0v) is 18.2. The van der Waals surface area contributed by atoms with E-state index in [4.69, 9.17) is 0 Å².